The molecule has 0 aliphatic rings. The molecule has 0 unspecified atom stereocenters. The highest BCUT2D eigenvalue weighted by atomic mass is 35.5. The van der Waals surface area contributed by atoms with Gasteiger partial charge in [0.25, 0.3) is 0 Å². The summed E-state index contributed by atoms with van der Waals surface area (Å²) in [6.07, 6.45) is 1.70. The molecular formula is C22H16Cl2N2O2S2. The fourth-order valence-corrected chi connectivity index (χ4v) is 5.04. The van der Waals surface area contributed by atoms with Crippen molar-refractivity contribution in [3.8, 4) is 21.7 Å². The lowest BCUT2D eigenvalue weighted by atomic mass is 10.1. The Balaban J connectivity index is 1.53. The predicted molar refractivity (Wildman–Crippen MR) is 123 cm³/mol. The molecule has 0 radical (unpaired) electrons. The molecule has 152 valence electrons. The van der Waals surface area contributed by atoms with E-state index in [-0.39, 0.29) is 11.4 Å². The lowest BCUT2D eigenvalue weighted by Gasteiger charge is -2.10. The van der Waals surface area contributed by atoms with Crippen LogP contribution in [-0.4, -0.2) is 13.4 Å². The third-order valence-corrected chi connectivity index (χ3v) is 7.55. The number of benzene rings is 2. The SMILES string of the molecule is O=S(=O)(NCc1cccnc1-c1cccs1)c1ccc(-c2ccc(Cl)c(Cl)c2)cc1. The predicted octanol–water partition coefficient (Wildman–Crippen LogP) is 6.26. The summed E-state index contributed by atoms with van der Waals surface area (Å²) >= 11 is 13.6. The molecule has 4 nitrogen and oxygen atoms in total. The number of rotatable bonds is 6. The number of nitrogens with zero attached hydrogens (tertiary/aromatic N) is 1. The molecule has 2 aromatic heterocycles. The van der Waals surface area contributed by atoms with Crippen molar-refractivity contribution in [1.82, 2.24) is 9.71 Å². The van der Waals surface area contributed by atoms with Gasteiger partial charge in [0.1, 0.15) is 0 Å². The number of halogens is 2. The number of thiophene rings is 1. The van der Waals surface area contributed by atoms with Crippen LogP contribution in [0.2, 0.25) is 10.0 Å². The quantitative estimate of drug-likeness (QED) is 0.358. The van der Waals surface area contributed by atoms with E-state index >= 15 is 0 Å². The van der Waals surface area contributed by atoms with Crippen LogP contribution in [0, 0.1) is 0 Å². The van der Waals surface area contributed by atoms with Gasteiger partial charge >= 0.3 is 0 Å². The summed E-state index contributed by atoms with van der Waals surface area (Å²) in [6.45, 7) is 0.151. The minimum absolute atomic E-state index is 0.151. The van der Waals surface area contributed by atoms with E-state index in [1.165, 1.54) is 0 Å². The van der Waals surface area contributed by atoms with E-state index in [1.807, 2.05) is 29.6 Å². The van der Waals surface area contributed by atoms with Gasteiger partial charge in [-0.15, -0.1) is 11.3 Å². The zero-order chi connectivity index (χ0) is 21.1. The molecule has 0 saturated heterocycles. The molecule has 0 saturated carbocycles. The maximum Gasteiger partial charge on any atom is 0.240 e. The van der Waals surface area contributed by atoms with Crippen molar-refractivity contribution in [2.24, 2.45) is 0 Å². The second kappa shape index (κ2) is 8.88. The highest BCUT2D eigenvalue weighted by Crippen LogP contribution is 2.29. The fraction of sp³-hybridized carbons (Fsp3) is 0.0455. The minimum Gasteiger partial charge on any atom is -0.255 e. The average molecular weight is 475 g/mol. The Morgan fingerprint density at radius 2 is 1.67 bits per heavy atom. The van der Waals surface area contributed by atoms with Gasteiger partial charge in [0.05, 0.1) is 25.5 Å². The Morgan fingerprint density at radius 1 is 0.900 bits per heavy atom. The van der Waals surface area contributed by atoms with E-state index in [0.29, 0.717) is 10.0 Å². The summed E-state index contributed by atoms with van der Waals surface area (Å²) in [7, 11) is -3.68. The summed E-state index contributed by atoms with van der Waals surface area (Å²) in [5, 5.41) is 2.89. The largest absolute Gasteiger partial charge is 0.255 e. The van der Waals surface area contributed by atoms with Gasteiger partial charge in [-0.05, 0) is 58.5 Å². The van der Waals surface area contributed by atoms with Crippen LogP contribution in [0.5, 0.6) is 0 Å². The maximum atomic E-state index is 12.8. The molecule has 0 aliphatic carbocycles. The Kier molecular flexibility index (Phi) is 6.22. The van der Waals surface area contributed by atoms with Gasteiger partial charge < -0.3 is 0 Å². The van der Waals surface area contributed by atoms with Crippen LogP contribution < -0.4 is 4.72 Å². The number of pyridine rings is 1. The van der Waals surface area contributed by atoms with Crippen molar-refractivity contribution >= 4 is 44.6 Å². The van der Waals surface area contributed by atoms with E-state index in [1.54, 1.807) is 60.0 Å². The van der Waals surface area contributed by atoms with Gasteiger partial charge in [0.2, 0.25) is 10.0 Å². The second-order valence-corrected chi connectivity index (χ2v) is 10.00. The van der Waals surface area contributed by atoms with Gasteiger partial charge in [-0.3, -0.25) is 4.98 Å². The molecule has 0 spiro atoms. The van der Waals surface area contributed by atoms with E-state index in [0.717, 1.165) is 27.3 Å². The van der Waals surface area contributed by atoms with Crippen LogP contribution in [0.25, 0.3) is 21.7 Å². The molecule has 4 aromatic rings. The van der Waals surface area contributed by atoms with Gasteiger partial charge in [-0.2, -0.15) is 0 Å². The summed E-state index contributed by atoms with van der Waals surface area (Å²) < 4.78 is 28.2. The summed E-state index contributed by atoms with van der Waals surface area (Å²) in [5.41, 5.74) is 3.30. The van der Waals surface area contributed by atoms with Gasteiger partial charge in [0.15, 0.2) is 0 Å². The first kappa shape index (κ1) is 21.0. The van der Waals surface area contributed by atoms with E-state index in [2.05, 4.69) is 9.71 Å². The Bertz CT molecular complexity index is 1270. The normalized spacial score (nSPS) is 11.5. The van der Waals surface area contributed by atoms with Gasteiger partial charge in [-0.1, -0.05) is 53.5 Å². The lowest BCUT2D eigenvalue weighted by Crippen LogP contribution is -2.23. The van der Waals surface area contributed by atoms with E-state index in [4.69, 9.17) is 23.2 Å². The smallest absolute Gasteiger partial charge is 0.240 e. The van der Waals surface area contributed by atoms with Crippen LogP contribution in [0.4, 0.5) is 0 Å². The van der Waals surface area contributed by atoms with E-state index < -0.39 is 10.0 Å². The van der Waals surface area contributed by atoms with Crippen molar-refractivity contribution in [3.05, 3.63) is 93.9 Å². The second-order valence-electron chi connectivity index (χ2n) is 6.47. The molecule has 4 rings (SSSR count). The number of aromatic nitrogens is 1. The van der Waals surface area contributed by atoms with Crippen molar-refractivity contribution in [2.75, 3.05) is 0 Å². The molecule has 8 heteroatoms. The van der Waals surface area contributed by atoms with Crippen LogP contribution in [-0.2, 0) is 16.6 Å². The molecular weight excluding hydrogens is 459 g/mol. The van der Waals surface area contributed by atoms with Gasteiger partial charge in [0, 0.05) is 12.7 Å². The molecule has 0 fully saturated rings. The molecule has 0 amide bonds. The van der Waals surface area contributed by atoms with Crippen LogP contribution >= 0.6 is 34.5 Å². The summed E-state index contributed by atoms with van der Waals surface area (Å²) in [5.74, 6) is 0. The number of sulfonamides is 1. The third-order valence-electron chi connectivity index (χ3n) is 4.52. The summed E-state index contributed by atoms with van der Waals surface area (Å²) in [6, 6.07) is 19.5. The number of hydrogen-bond donors (Lipinski definition) is 1. The number of nitrogens with one attached hydrogen (secondary N) is 1. The zero-order valence-corrected chi connectivity index (χ0v) is 18.7. The molecule has 2 aromatic carbocycles. The Morgan fingerprint density at radius 3 is 2.37 bits per heavy atom. The van der Waals surface area contributed by atoms with Crippen molar-refractivity contribution in [1.29, 1.82) is 0 Å². The fourth-order valence-electron chi connectivity index (χ4n) is 2.97. The maximum absolute atomic E-state index is 12.8. The third kappa shape index (κ3) is 4.58. The van der Waals surface area contributed by atoms with Gasteiger partial charge in [-0.25, -0.2) is 13.1 Å². The van der Waals surface area contributed by atoms with E-state index in [9.17, 15) is 8.42 Å². The highest BCUT2D eigenvalue weighted by Gasteiger charge is 2.16. The standard InChI is InChI=1S/C22H16Cl2N2O2S2/c23-19-10-7-16(13-20(19)24)15-5-8-18(9-6-15)30(27,28)26-14-17-3-1-11-25-22(17)21-4-2-12-29-21/h1-13,26H,14H2. The minimum atomic E-state index is -3.68. The molecule has 0 atom stereocenters. The van der Waals surface area contributed by atoms with Crippen molar-refractivity contribution < 1.29 is 8.42 Å². The van der Waals surface area contributed by atoms with Crippen molar-refractivity contribution in [3.63, 3.8) is 0 Å². The Labute approximate surface area is 189 Å². The topological polar surface area (TPSA) is 59.1 Å². The molecule has 0 aliphatic heterocycles. The van der Waals surface area contributed by atoms with Crippen LogP contribution in [0.3, 0.4) is 0 Å². The highest BCUT2D eigenvalue weighted by molar-refractivity contribution is 7.89. The summed E-state index contributed by atoms with van der Waals surface area (Å²) in [4.78, 5) is 5.59. The monoisotopic (exact) mass is 474 g/mol. The zero-order valence-electron chi connectivity index (χ0n) is 15.5. The first-order valence-electron chi connectivity index (χ1n) is 8.97. The van der Waals surface area contributed by atoms with Crippen molar-refractivity contribution in [2.45, 2.75) is 11.4 Å². The number of hydrogen-bond acceptors (Lipinski definition) is 4. The lowest BCUT2D eigenvalue weighted by molar-refractivity contribution is 0.581. The molecule has 1 N–H and O–H groups in total. The first-order chi connectivity index (χ1) is 14.4. The molecule has 30 heavy (non-hydrogen) atoms. The van der Waals surface area contributed by atoms with Crippen LogP contribution in [0.1, 0.15) is 5.56 Å². The average Bonchev–Trinajstić information content (AvgIpc) is 3.29. The first-order valence-corrected chi connectivity index (χ1v) is 12.1. The Hall–Kier alpha value is -2.22. The molecule has 2 heterocycles. The molecule has 0 bridgehead atoms. The van der Waals surface area contributed by atoms with Crippen LogP contribution in [0.15, 0.2) is 83.2 Å².